The Bertz CT molecular complexity index is 1030. The van der Waals surface area contributed by atoms with Crippen LogP contribution in [0.3, 0.4) is 0 Å². The summed E-state index contributed by atoms with van der Waals surface area (Å²) in [4.78, 5) is 35.5. The molecule has 1 saturated heterocycles. The standard InChI is InChI=1S/C17H10N2O6S2/c20-13-5-4-9(6-12(13)19(24)25)7-14-15(21)18(17(26)27-14)11-3-1-2-10(8-11)16(22)23/h1-8,20H,(H,22,23). The molecule has 0 spiro atoms. The van der Waals surface area contributed by atoms with E-state index < -0.39 is 28.2 Å². The van der Waals surface area contributed by atoms with Gasteiger partial charge in [-0.2, -0.15) is 0 Å². The number of hydrogen-bond acceptors (Lipinski definition) is 7. The maximum absolute atomic E-state index is 12.7. The van der Waals surface area contributed by atoms with E-state index in [-0.39, 0.29) is 14.8 Å². The summed E-state index contributed by atoms with van der Waals surface area (Å²) >= 11 is 6.21. The van der Waals surface area contributed by atoms with Crippen molar-refractivity contribution in [3.8, 4) is 5.75 Å². The van der Waals surface area contributed by atoms with Gasteiger partial charge in [0.1, 0.15) is 0 Å². The molecule has 1 heterocycles. The molecule has 2 N–H and O–H groups in total. The van der Waals surface area contributed by atoms with Gasteiger partial charge in [-0.1, -0.05) is 36.1 Å². The third-order valence-corrected chi connectivity index (χ3v) is 4.94. The van der Waals surface area contributed by atoms with Gasteiger partial charge in [0.05, 0.1) is 21.1 Å². The summed E-state index contributed by atoms with van der Waals surface area (Å²) in [6.45, 7) is 0. The van der Waals surface area contributed by atoms with Gasteiger partial charge in [0.15, 0.2) is 10.1 Å². The molecule has 0 bridgehead atoms. The van der Waals surface area contributed by atoms with Gasteiger partial charge >= 0.3 is 11.7 Å². The Kier molecular flexibility index (Phi) is 4.93. The summed E-state index contributed by atoms with van der Waals surface area (Å²) in [5.74, 6) is -2.08. The van der Waals surface area contributed by atoms with Crippen LogP contribution in [0.2, 0.25) is 0 Å². The summed E-state index contributed by atoms with van der Waals surface area (Å²) in [6, 6.07) is 9.54. The molecular weight excluding hydrogens is 392 g/mol. The Morgan fingerprint density at radius 3 is 2.67 bits per heavy atom. The van der Waals surface area contributed by atoms with Crippen LogP contribution in [0.4, 0.5) is 11.4 Å². The predicted octanol–water partition coefficient (Wildman–Crippen LogP) is 3.40. The summed E-state index contributed by atoms with van der Waals surface area (Å²) in [5, 5.41) is 29.5. The third-order valence-electron chi connectivity index (χ3n) is 3.64. The first-order valence-electron chi connectivity index (χ1n) is 7.36. The molecule has 0 saturated carbocycles. The van der Waals surface area contributed by atoms with E-state index in [4.69, 9.17) is 17.3 Å². The molecule has 8 nitrogen and oxygen atoms in total. The van der Waals surface area contributed by atoms with Crippen molar-refractivity contribution < 1.29 is 24.7 Å². The lowest BCUT2D eigenvalue weighted by atomic mass is 10.1. The number of benzene rings is 2. The zero-order valence-corrected chi connectivity index (χ0v) is 15.0. The number of phenolic OH excluding ortho intramolecular Hbond substituents is 1. The van der Waals surface area contributed by atoms with E-state index in [2.05, 4.69) is 0 Å². The number of nitrogens with zero attached hydrogens (tertiary/aromatic N) is 2. The van der Waals surface area contributed by atoms with Crippen molar-refractivity contribution in [2.75, 3.05) is 4.90 Å². The van der Waals surface area contributed by atoms with Crippen molar-refractivity contribution >= 4 is 57.6 Å². The fourth-order valence-electron chi connectivity index (χ4n) is 2.40. The Morgan fingerprint density at radius 2 is 2.00 bits per heavy atom. The van der Waals surface area contributed by atoms with E-state index in [1.54, 1.807) is 6.07 Å². The van der Waals surface area contributed by atoms with Crippen molar-refractivity contribution in [3.63, 3.8) is 0 Å². The number of carbonyl (C=O) groups excluding carboxylic acids is 1. The normalized spacial score (nSPS) is 15.4. The first kappa shape index (κ1) is 18.5. The van der Waals surface area contributed by atoms with Crippen molar-refractivity contribution in [3.05, 3.63) is 68.6 Å². The highest BCUT2D eigenvalue weighted by molar-refractivity contribution is 8.27. The summed E-state index contributed by atoms with van der Waals surface area (Å²) < 4.78 is 0.210. The van der Waals surface area contributed by atoms with Gasteiger partial charge in [0.25, 0.3) is 5.91 Å². The lowest BCUT2D eigenvalue weighted by Crippen LogP contribution is -2.27. The molecule has 0 aromatic heterocycles. The van der Waals surface area contributed by atoms with Crippen LogP contribution in [-0.2, 0) is 4.79 Å². The number of carbonyl (C=O) groups is 2. The fraction of sp³-hybridized carbons (Fsp3) is 0. The molecule has 1 amide bonds. The number of amides is 1. The van der Waals surface area contributed by atoms with Crippen molar-refractivity contribution in [1.29, 1.82) is 0 Å². The number of thiocarbonyl (C=S) groups is 1. The van der Waals surface area contributed by atoms with E-state index in [1.165, 1.54) is 41.3 Å². The average molecular weight is 402 g/mol. The molecule has 136 valence electrons. The van der Waals surface area contributed by atoms with Crippen molar-refractivity contribution in [2.24, 2.45) is 0 Å². The number of nitro groups is 1. The number of hydrogen-bond donors (Lipinski definition) is 2. The molecule has 1 fully saturated rings. The minimum atomic E-state index is -1.13. The largest absolute Gasteiger partial charge is 0.502 e. The van der Waals surface area contributed by atoms with Gasteiger partial charge < -0.3 is 10.2 Å². The number of carboxylic acid groups (broad SMARTS) is 1. The molecule has 0 aliphatic carbocycles. The van der Waals surface area contributed by atoms with Crippen LogP contribution in [-0.4, -0.2) is 31.3 Å². The molecular formula is C17H10N2O6S2. The molecule has 10 heteroatoms. The SMILES string of the molecule is O=C(O)c1cccc(N2C(=O)C(=Cc3ccc(O)c([N+](=O)[O-])c3)SC2=S)c1. The van der Waals surface area contributed by atoms with Gasteiger partial charge in [0.2, 0.25) is 0 Å². The smallest absolute Gasteiger partial charge is 0.335 e. The van der Waals surface area contributed by atoms with Crippen LogP contribution in [0.5, 0.6) is 5.75 Å². The number of phenols is 1. The molecule has 2 aromatic carbocycles. The lowest BCUT2D eigenvalue weighted by Gasteiger charge is -2.14. The maximum atomic E-state index is 12.7. The van der Waals surface area contributed by atoms with Crippen LogP contribution >= 0.6 is 24.0 Å². The number of anilines is 1. The maximum Gasteiger partial charge on any atom is 0.335 e. The first-order valence-corrected chi connectivity index (χ1v) is 8.59. The van der Waals surface area contributed by atoms with E-state index in [9.17, 15) is 24.8 Å². The van der Waals surface area contributed by atoms with E-state index in [0.717, 1.165) is 17.8 Å². The molecule has 0 radical (unpaired) electrons. The topological polar surface area (TPSA) is 121 Å². The Balaban J connectivity index is 1.96. The molecule has 27 heavy (non-hydrogen) atoms. The number of aromatic hydroxyl groups is 1. The third kappa shape index (κ3) is 3.66. The number of nitro benzene ring substituents is 1. The number of carboxylic acids is 1. The van der Waals surface area contributed by atoms with Gasteiger partial charge in [-0.25, -0.2) is 4.79 Å². The quantitative estimate of drug-likeness (QED) is 0.345. The minimum absolute atomic E-state index is 0.0136. The summed E-state index contributed by atoms with van der Waals surface area (Å²) in [6.07, 6.45) is 1.42. The average Bonchev–Trinajstić information content (AvgIpc) is 2.90. The van der Waals surface area contributed by atoms with Gasteiger partial charge in [0, 0.05) is 6.07 Å². The van der Waals surface area contributed by atoms with E-state index in [0.29, 0.717) is 11.3 Å². The highest BCUT2D eigenvalue weighted by Crippen LogP contribution is 2.37. The van der Waals surface area contributed by atoms with Gasteiger partial charge in [-0.05, 0) is 35.9 Å². The molecule has 1 aliphatic rings. The van der Waals surface area contributed by atoms with Crippen LogP contribution in [0.1, 0.15) is 15.9 Å². The van der Waals surface area contributed by atoms with Crippen molar-refractivity contribution in [2.45, 2.75) is 0 Å². The van der Waals surface area contributed by atoms with E-state index in [1.807, 2.05) is 0 Å². The first-order chi connectivity index (χ1) is 12.8. The second kappa shape index (κ2) is 7.17. The lowest BCUT2D eigenvalue weighted by molar-refractivity contribution is -0.385. The highest BCUT2D eigenvalue weighted by Gasteiger charge is 2.33. The van der Waals surface area contributed by atoms with Crippen LogP contribution in [0, 0.1) is 10.1 Å². The van der Waals surface area contributed by atoms with Crippen LogP contribution in [0.15, 0.2) is 47.4 Å². The van der Waals surface area contributed by atoms with E-state index >= 15 is 0 Å². The monoisotopic (exact) mass is 402 g/mol. The Hall–Kier alpha value is -3.24. The fourth-order valence-corrected chi connectivity index (χ4v) is 3.70. The van der Waals surface area contributed by atoms with Crippen LogP contribution < -0.4 is 4.90 Å². The Labute approximate surface area is 161 Å². The zero-order valence-electron chi connectivity index (χ0n) is 13.4. The highest BCUT2D eigenvalue weighted by atomic mass is 32.2. The molecule has 0 unspecified atom stereocenters. The number of aromatic carboxylic acids is 1. The molecule has 3 rings (SSSR count). The minimum Gasteiger partial charge on any atom is -0.502 e. The van der Waals surface area contributed by atoms with Gasteiger partial charge in [-0.15, -0.1) is 0 Å². The summed E-state index contributed by atoms with van der Waals surface area (Å²) in [7, 11) is 0. The molecule has 1 aliphatic heterocycles. The molecule has 0 atom stereocenters. The van der Waals surface area contributed by atoms with Crippen molar-refractivity contribution in [1.82, 2.24) is 0 Å². The number of rotatable bonds is 4. The second-order valence-electron chi connectivity index (χ2n) is 5.38. The summed E-state index contributed by atoms with van der Waals surface area (Å²) in [5.41, 5.74) is 0.199. The van der Waals surface area contributed by atoms with Crippen LogP contribution in [0.25, 0.3) is 6.08 Å². The zero-order chi connectivity index (χ0) is 19.7. The second-order valence-corrected chi connectivity index (χ2v) is 7.05. The molecule has 2 aromatic rings. The van der Waals surface area contributed by atoms with Gasteiger partial charge in [-0.3, -0.25) is 19.8 Å². The Morgan fingerprint density at radius 1 is 1.26 bits per heavy atom. The predicted molar refractivity (Wildman–Crippen MR) is 104 cm³/mol. The number of thioether (sulfide) groups is 1.